The smallest absolute Gasteiger partial charge is 0.303 e. The van der Waals surface area contributed by atoms with Crippen molar-refractivity contribution < 1.29 is 14.7 Å². The lowest BCUT2D eigenvalue weighted by atomic mass is 10.2. The molecule has 1 rings (SSSR count). The molecule has 1 amide bonds. The minimum absolute atomic E-state index is 0.0567. The van der Waals surface area contributed by atoms with E-state index >= 15 is 0 Å². The van der Waals surface area contributed by atoms with Crippen LogP contribution in [-0.2, 0) is 9.59 Å². The van der Waals surface area contributed by atoms with E-state index in [4.69, 9.17) is 5.11 Å². The standard InChI is InChI=1S/C10H13NO3S/c12-9(3-1-2-4-10(13)14)11-8-5-6-15-7-8/h5-7H,1-4H2,(H,11,12)(H,13,14). The summed E-state index contributed by atoms with van der Waals surface area (Å²) in [7, 11) is 0. The van der Waals surface area contributed by atoms with Gasteiger partial charge in [0.1, 0.15) is 0 Å². The summed E-state index contributed by atoms with van der Waals surface area (Å²) < 4.78 is 0. The van der Waals surface area contributed by atoms with Crippen molar-refractivity contribution in [2.24, 2.45) is 0 Å². The van der Waals surface area contributed by atoms with Gasteiger partial charge in [-0.15, -0.1) is 0 Å². The number of carboxylic acids is 1. The molecule has 0 atom stereocenters. The number of carbonyl (C=O) groups excluding carboxylic acids is 1. The maximum Gasteiger partial charge on any atom is 0.303 e. The molecule has 0 radical (unpaired) electrons. The molecule has 0 saturated carbocycles. The van der Waals surface area contributed by atoms with Crippen molar-refractivity contribution in [3.63, 3.8) is 0 Å². The zero-order chi connectivity index (χ0) is 11.1. The van der Waals surface area contributed by atoms with Crippen LogP contribution in [0.2, 0.25) is 0 Å². The first-order chi connectivity index (χ1) is 7.18. The van der Waals surface area contributed by atoms with E-state index in [1.165, 1.54) is 11.3 Å². The number of aliphatic carboxylic acids is 1. The zero-order valence-corrected chi connectivity index (χ0v) is 9.05. The third kappa shape index (κ3) is 5.17. The number of unbranched alkanes of at least 4 members (excludes halogenated alkanes) is 1. The highest BCUT2D eigenvalue weighted by Crippen LogP contribution is 2.12. The van der Waals surface area contributed by atoms with Crippen LogP contribution in [0.15, 0.2) is 16.8 Å². The number of nitrogens with one attached hydrogen (secondary N) is 1. The van der Waals surface area contributed by atoms with Crippen molar-refractivity contribution in [2.45, 2.75) is 25.7 Å². The van der Waals surface area contributed by atoms with Crippen molar-refractivity contribution in [1.82, 2.24) is 0 Å². The van der Waals surface area contributed by atoms with Crippen LogP contribution in [0.4, 0.5) is 5.69 Å². The number of amides is 1. The minimum atomic E-state index is -0.812. The maximum atomic E-state index is 11.3. The Hall–Kier alpha value is -1.36. The van der Waals surface area contributed by atoms with Crippen molar-refractivity contribution in [2.75, 3.05) is 5.32 Å². The molecule has 0 aromatic carbocycles. The number of rotatable bonds is 6. The van der Waals surface area contributed by atoms with Crippen LogP contribution in [0, 0.1) is 0 Å². The van der Waals surface area contributed by atoms with Gasteiger partial charge in [0.05, 0.1) is 5.69 Å². The Balaban J connectivity index is 2.11. The van der Waals surface area contributed by atoms with Crippen LogP contribution in [0.3, 0.4) is 0 Å². The summed E-state index contributed by atoms with van der Waals surface area (Å²) in [4.78, 5) is 21.5. The molecule has 0 fully saturated rings. The summed E-state index contributed by atoms with van der Waals surface area (Å²) >= 11 is 1.52. The van der Waals surface area contributed by atoms with Gasteiger partial charge in [0, 0.05) is 18.2 Å². The van der Waals surface area contributed by atoms with Gasteiger partial charge in [-0.25, -0.2) is 0 Å². The quantitative estimate of drug-likeness (QED) is 0.733. The van der Waals surface area contributed by atoms with E-state index in [9.17, 15) is 9.59 Å². The average Bonchev–Trinajstić information content (AvgIpc) is 2.64. The van der Waals surface area contributed by atoms with Crippen LogP contribution in [0.5, 0.6) is 0 Å². The third-order valence-electron chi connectivity index (χ3n) is 1.85. The molecule has 5 heteroatoms. The summed E-state index contributed by atoms with van der Waals surface area (Å²) in [6, 6.07) is 1.83. The van der Waals surface area contributed by atoms with Crippen LogP contribution in [0.25, 0.3) is 0 Å². The molecule has 0 saturated heterocycles. The number of hydrogen-bond acceptors (Lipinski definition) is 3. The Morgan fingerprint density at radius 1 is 1.33 bits per heavy atom. The van der Waals surface area contributed by atoms with Gasteiger partial charge in [-0.05, 0) is 24.3 Å². The summed E-state index contributed by atoms with van der Waals surface area (Å²) in [6.45, 7) is 0. The van der Waals surface area contributed by atoms with Crippen LogP contribution < -0.4 is 5.32 Å². The van der Waals surface area contributed by atoms with Gasteiger partial charge in [-0.2, -0.15) is 11.3 Å². The molecule has 0 aliphatic heterocycles. The summed E-state index contributed by atoms with van der Waals surface area (Å²) in [5.74, 6) is -0.868. The molecule has 0 aliphatic carbocycles. The van der Waals surface area contributed by atoms with E-state index in [1.54, 1.807) is 0 Å². The van der Waals surface area contributed by atoms with Crippen LogP contribution >= 0.6 is 11.3 Å². The molecule has 1 aromatic heterocycles. The number of carbonyl (C=O) groups is 2. The average molecular weight is 227 g/mol. The Morgan fingerprint density at radius 3 is 2.67 bits per heavy atom. The highest BCUT2D eigenvalue weighted by atomic mass is 32.1. The fourth-order valence-corrected chi connectivity index (χ4v) is 1.71. The van der Waals surface area contributed by atoms with Crippen molar-refractivity contribution in [1.29, 1.82) is 0 Å². The van der Waals surface area contributed by atoms with Gasteiger partial charge in [0.15, 0.2) is 0 Å². The van der Waals surface area contributed by atoms with E-state index in [1.807, 2.05) is 16.8 Å². The fraction of sp³-hybridized carbons (Fsp3) is 0.400. The number of carboxylic acid groups (broad SMARTS) is 1. The highest BCUT2D eigenvalue weighted by Gasteiger charge is 2.03. The second-order valence-corrected chi connectivity index (χ2v) is 3.94. The molecule has 4 nitrogen and oxygen atoms in total. The Labute approximate surface area is 91.9 Å². The van der Waals surface area contributed by atoms with Gasteiger partial charge < -0.3 is 10.4 Å². The molecule has 0 unspecified atom stereocenters. The first kappa shape index (κ1) is 11.7. The third-order valence-corrected chi connectivity index (χ3v) is 2.53. The molecule has 2 N–H and O–H groups in total. The molecule has 0 spiro atoms. The predicted molar refractivity (Wildman–Crippen MR) is 59.1 cm³/mol. The van der Waals surface area contributed by atoms with Gasteiger partial charge >= 0.3 is 5.97 Å². The normalized spacial score (nSPS) is 9.87. The number of anilines is 1. The molecule has 1 aromatic rings. The largest absolute Gasteiger partial charge is 0.481 e. The molecule has 82 valence electrons. The van der Waals surface area contributed by atoms with E-state index in [-0.39, 0.29) is 12.3 Å². The summed E-state index contributed by atoms with van der Waals surface area (Å²) in [6.07, 6.45) is 1.67. The van der Waals surface area contributed by atoms with Crippen LogP contribution in [-0.4, -0.2) is 17.0 Å². The molecule has 15 heavy (non-hydrogen) atoms. The van der Waals surface area contributed by atoms with Gasteiger partial charge in [0.25, 0.3) is 0 Å². The SMILES string of the molecule is O=C(O)CCCCC(=O)Nc1ccsc1. The molecule has 0 aliphatic rings. The highest BCUT2D eigenvalue weighted by molar-refractivity contribution is 7.08. The van der Waals surface area contributed by atoms with Crippen molar-refractivity contribution in [3.05, 3.63) is 16.8 Å². The maximum absolute atomic E-state index is 11.3. The number of thiophene rings is 1. The first-order valence-electron chi connectivity index (χ1n) is 4.72. The lowest BCUT2D eigenvalue weighted by Gasteiger charge is -2.01. The molecular weight excluding hydrogens is 214 g/mol. The first-order valence-corrected chi connectivity index (χ1v) is 5.66. The number of hydrogen-bond donors (Lipinski definition) is 2. The van der Waals surface area contributed by atoms with Gasteiger partial charge in [-0.1, -0.05) is 0 Å². The van der Waals surface area contributed by atoms with Crippen molar-refractivity contribution >= 4 is 28.9 Å². The fourth-order valence-electron chi connectivity index (χ4n) is 1.12. The zero-order valence-electron chi connectivity index (χ0n) is 8.23. The second-order valence-electron chi connectivity index (χ2n) is 3.16. The second kappa shape index (κ2) is 6.19. The molecule has 0 bridgehead atoms. The van der Waals surface area contributed by atoms with E-state index < -0.39 is 5.97 Å². The van der Waals surface area contributed by atoms with E-state index in [0.717, 1.165) is 5.69 Å². The monoisotopic (exact) mass is 227 g/mol. The van der Waals surface area contributed by atoms with Crippen molar-refractivity contribution in [3.8, 4) is 0 Å². The van der Waals surface area contributed by atoms with Gasteiger partial charge in [-0.3, -0.25) is 9.59 Å². The predicted octanol–water partition coefficient (Wildman–Crippen LogP) is 2.33. The van der Waals surface area contributed by atoms with Crippen LogP contribution in [0.1, 0.15) is 25.7 Å². The molecule has 1 heterocycles. The minimum Gasteiger partial charge on any atom is -0.481 e. The topological polar surface area (TPSA) is 66.4 Å². The Bertz CT molecular complexity index is 321. The Morgan fingerprint density at radius 2 is 2.07 bits per heavy atom. The van der Waals surface area contributed by atoms with E-state index in [0.29, 0.717) is 19.3 Å². The summed E-state index contributed by atoms with van der Waals surface area (Å²) in [5.41, 5.74) is 0.809. The Kier molecular flexibility index (Phi) is 4.83. The molecular formula is C10H13NO3S. The lowest BCUT2D eigenvalue weighted by molar-refractivity contribution is -0.137. The lowest BCUT2D eigenvalue weighted by Crippen LogP contribution is -2.10. The van der Waals surface area contributed by atoms with E-state index in [2.05, 4.69) is 5.32 Å². The summed E-state index contributed by atoms with van der Waals surface area (Å²) in [5, 5.41) is 14.9. The van der Waals surface area contributed by atoms with Gasteiger partial charge in [0.2, 0.25) is 5.91 Å².